The number of hydrogen-bond donors (Lipinski definition) is 2. The highest BCUT2D eigenvalue weighted by molar-refractivity contribution is 5.80. The maximum Gasteiger partial charge on any atom is 0.222 e. The molecular formula is C13H24N2O3. The van der Waals surface area contributed by atoms with Gasteiger partial charge in [0.2, 0.25) is 11.8 Å². The van der Waals surface area contributed by atoms with E-state index < -0.39 is 0 Å². The third-order valence-corrected chi connectivity index (χ3v) is 3.37. The highest BCUT2D eigenvalue weighted by atomic mass is 16.3. The molecule has 0 saturated carbocycles. The van der Waals surface area contributed by atoms with E-state index in [1.54, 1.807) is 4.90 Å². The lowest BCUT2D eigenvalue weighted by Crippen LogP contribution is -2.40. The van der Waals surface area contributed by atoms with Crippen molar-refractivity contribution in [2.45, 2.75) is 45.6 Å². The van der Waals surface area contributed by atoms with Gasteiger partial charge in [-0.15, -0.1) is 0 Å². The molecule has 5 heteroatoms. The Bertz CT molecular complexity index is 292. The summed E-state index contributed by atoms with van der Waals surface area (Å²) in [4.78, 5) is 24.9. The smallest absolute Gasteiger partial charge is 0.222 e. The molecule has 0 aliphatic carbocycles. The molecular weight excluding hydrogens is 232 g/mol. The van der Waals surface area contributed by atoms with Crippen LogP contribution in [0.25, 0.3) is 0 Å². The molecule has 0 aromatic carbocycles. The molecule has 2 amide bonds. The van der Waals surface area contributed by atoms with E-state index in [1.807, 2.05) is 13.8 Å². The van der Waals surface area contributed by atoms with E-state index in [0.717, 1.165) is 13.0 Å². The number of carbonyl (C=O) groups is 2. The lowest BCUT2D eigenvalue weighted by molar-refractivity contribution is -0.128. The maximum atomic E-state index is 11.8. The first-order valence-corrected chi connectivity index (χ1v) is 6.72. The fourth-order valence-corrected chi connectivity index (χ4v) is 2.17. The number of nitrogens with one attached hydrogen (secondary N) is 1. The lowest BCUT2D eigenvalue weighted by atomic mass is 10.0. The zero-order valence-electron chi connectivity index (χ0n) is 11.3. The minimum absolute atomic E-state index is 0.0109. The van der Waals surface area contributed by atoms with Gasteiger partial charge in [-0.05, 0) is 18.8 Å². The summed E-state index contributed by atoms with van der Waals surface area (Å²) in [5, 5.41) is 11.9. The van der Waals surface area contributed by atoms with Crippen LogP contribution in [0.4, 0.5) is 0 Å². The summed E-state index contributed by atoms with van der Waals surface area (Å²) in [6.07, 6.45) is 2.44. The highest BCUT2D eigenvalue weighted by Gasteiger charge is 2.21. The van der Waals surface area contributed by atoms with Crippen LogP contribution in [0.1, 0.15) is 39.5 Å². The summed E-state index contributed by atoms with van der Waals surface area (Å²) in [6, 6.07) is 0.0109. The van der Waals surface area contributed by atoms with Crippen LogP contribution in [0.2, 0.25) is 0 Å². The van der Waals surface area contributed by atoms with E-state index >= 15 is 0 Å². The van der Waals surface area contributed by atoms with Gasteiger partial charge in [0.1, 0.15) is 0 Å². The number of likely N-dealkylation sites (tertiary alicyclic amines) is 1. The second kappa shape index (κ2) is 7.36. The molecule has 1 aliphatic rings. The van der Waals surface area contributed by atoms with E-state index in [0.29, 0.717) is 31.7 Å². The van der Waals surface area contributed by atoms with Crippen LogP contribution < -0.4 is 5.32 Å². The monoisotopic (exact) mass is 256 g/mol. The number of aliphatic hydroxyl groups is 1. The van der Waals surface area contributed by atoms with Crippen molar-refractivity contribution in [2.24, 2.45) is 5.92 Å². The molecule has 0 aromatic rings. The molecule has 0 radical (unpaired) electrons. The van der Waals surface area contributed by atoms with Crippen molar-refractivity contribution in [3.63, 3.8) is 0 Å². The molecule has 0 aromatic heterocycles. The highest BCUT2D eigenvalue weighted by Crippen LogP contribution is 2.10. The van der Waals surface area contributed by atoms with Gasteiger partial charge in [0.15, 0.2) is 0 Å². The molecule has 1 atom stereocenters. The predicted molar refractivity (Wildman–Crippen MR) is 68.9 cm³/mol. The third kappa shape index (κ3) is 4.64. The predicted octanol–water partition coefficient (Wildman–Crippen LogP) is 0.522. The molecule has 1 unspecified atom stereocenters. The van der Waals surface area contributed by atoms with E-state index in [9.17, 15) is 9.59 Å². The van der Waals surface area contributed by atoms with Gasteiger partial charge >= 0.3 is 0 Å². The van der Waals surface area contributed by atoms with Crippen molar-refractivity contribution in [1.29, 1.82) is 0 Å². The van der Waals surface area contributed by atoms with Crippen molar-refractivity contribution in [2.75, 3.05) is 19.7 Å². The van der Waals surface area contributed by atoms with Gasteiger partial charge in [-0.2, -0.15) is 0 Å². The average Bonchev–Trinajstić information content (AvgIpc) is 2.71. The van der Waals surface area contributed by atoms with Crippen LogP contribution in [0.15, 0.2) is 0 Å². The summed E-state index contributed by atoms with van der Waals surface area (Å²) in [5.74, 6) is 0.412. The van der Waals surface area contributed by atoms with Gasteiger partial charge in [-0.25, -0.2) is 0 Å². The summed E-state index contributed by atoms with van der Waals surface area (Å²) in [5.41, 5.74) is 0. The van der Waals surface area contributed by atoms with Gasteiger partial charge in [0.25, 0.3) is 0 Å². The SMILES string of the molecule is CC(C)C(CCO)NC(=O)CCN1CCCC1=O. The number of aliphatic hydroxyl groups excluding tert-OH is 1. The molecule has 18 heavy (non-hydrogen) atoms. The van der Waals surface area contributed by atoms with Crippen molar-refractivity contribution in [3.05, 3.63) is 0 Å². The Morgan fingerprint density at radius 1 is 1.50 bits per heavy atom. The fraction of sp³-hybridized carbons (Fsp3) is 0.846. The second-order valence-electron chi connectivity index (χ2n) is 5.16. The van der Waals surface area contributed by atoms with Crippen LogP contribution in [0.3, 0.4) is 0 Å². The van der Waals surface area contributed by atoms with Crippen LogP contribution in [0, 0.1) is 5.92 Å². The number of hydrogen-bond acceptors (Lipinski definition) is 3. The second-order valence-corrected chi connectivity index (χ2v) is 5.16. The zero-order valence-corrected chi connectivity index (χ0v) is 11.3. The van der Waals surface area contributed by atoms with Gasteiger partial charge in [-0.3, -0.25) is 9.59 Å². The molecule has 1 heterocycles. The first kappa shape index (κ1) is 15.0. The average molecular weight is 256 g/mol. The summed E-state index contributed by atoms with van der Waals surface area (Å²) < 4.78 is 0. The van der Waals surface area contributed by atoms with Gasteiger partial charge < -0.3 is 15.3 Å². The summed E-state index contributed by atoms with van der Waals surface area (Å²) in [6.45, 7) is 5.40. The van der Waals surface area contributed by atoms with Crippen molar-refractivity contribution >= 4 is 11.8 Å². The topological polar surface area (TPSA) is 69.6 Å². The molecule has 1 aliphatic heterocycles. The number of amides is 2. The lowest BCUT2D eigenvalue weighted by Gasteiger charge is -2.22. The van der Waals surface area contributed by atoms with E-state index in [-0.39, 0.29) is 24.5 Å². The Morgan fingerprint density at radius 2 is 2.22 bits per heavy atom. The van der Waals surface area contributed by atoms with Crippen molar-refractivity contribution in [3.8, 4) is 0 Å². The van der Waals surface area contributed by atoms with Crippen molar-refractivity contribution < 1.29 is 14.7 Å². The molecule has 0 bridgehead atoms. The third-order valence-electron chi connectivity index (χ3n) is 3.37. The summed E-state index contributed by atoms with van der Waals surface area (Å²) in [7, 11) is 0. The summed E-state index contributed by atoms with van der Waals surface area (Å²) >= 11 is 0. The Morgan fingerprint density at radius 3 is 2.72 bits per heavy atom. The quantitative estimate of drug-likeness (QED) is 0.698. The Hall–Kier alpha value is -1.10. The number of nitrogens with zero attached hydrogens (tertiary/aromatic N) is 1. The Balaban J connectivity index is 2.29. The van der Waals surface area contributed by atoms with Gasteiger partial charge in [-0.1, -0.05) is 13.8 Å². The molecule has 0 spiro atoms. The largest absolute Gasteiger partial charge is 0.396 e. The van der Waals surface area contributed by atoms with E-state index in [1.165, 1.54) is 0 Å². The zero-order chi connectivity index (χ0) is 13.5. The van der Waals surface area contributed by atoms with Crippen LogP contribution in [-0.4, -0.2) is 47.6 Å². The fourth-order valence-electron chi connectivity index (χ4n) is 2.17. The Kier molecular flexibility index (Phi) is 6.12. The minimum atomic E-state index is -0.0400. The van der Waals surface area contributed by atoms with E-state index in [2.05, 4.69) is 5.32 Å². The molecule has 1 rings (SSSR count). The molecule has 5 nitrogen and oxygen atoms in total. The standard InChI is InChI=1S/C13H24N2O3/c1-10(2)11(6-9-16)14-12(17)5-8-15-7-3-4-13(15)18/h10-11,16H,3-9H2,1-2H3,(H,14,17). The number of rotatable bonds is 7. The normalized spacial score (nSPS) is 17.3. The molecule has 1 saturated heterocycles. The number of carbonyl (C=O) groups excluding carboxylic acids is 2. The molecule has 2 N–H and O–H groups in total. The minimum Gasteiger partial charge on any atom is -0.396 e. The maximum absolute atomic E-state index is 11.8. The molecule has 104 valence electrons. The van der Waals surface area contributed by atoms with Crippen molar-refractivity contribution in [1.82, 2.24) is 10.2 Å². The Labute approximate surface area is 109 Å². The van der Waals surface area contributed by atoms with Gasteiger partial charge in [0, 0.05) is 38.6 Å². The van der Waals surface area contributed by atoms with Crippen LogP contribution in [0.5, 0.6) is 0 Å². The van der Waals surface area contributed by atoms with Gasteiger partial charge in [0.05, 0.1) is 0 Å². The van der Waals surface area contributed by atoms with Crippen LogP contribution in [-0.2, 0) is 9.59 Å². The van der Waals surface area contributed by atoms with E-state index in [4.69, 9.17) is 5.11 Å². The molecule has 1 fully saturated rings. The first-order chi connectivity index (χ1) is 8.54. The van der Waals surface area contributed by atoms with Crippen LogP contribution >= 0.6 is 0 Å². The first-order valence-electron chi connectivity index (χ1n) is 6.72.